The Morgan fingerprint density at radius 2 is 2.50 bits per heavy atom. The van der Waals surface area contributed by atoms with Gasteiger partial charge in [-0.25, -0.2) is 4.98 Å². The van der Waals surface area contributed by atoms with Gasteiger partial charge in [-0.1, -0.05) is 12.7 Å². The molecule has 122 valence electrons. The lowest BCUT2D eigenvalue weighted by atomic mass is 9.96. The number of imidazole rings is 1. The average molecular weight is 309 g/mol. The number of carbonyl (C=O) groups is 1. The van der Waals surface area contributed by atoms with Gasteiger partial charge in [0.1, 0.15) is 18.9 Å². The fourth-order valence-electron chi connectivity index (χ4n) is 2.73. The van der Waals surface area contributed by atoms with Crippen molar-refractivity contribution >= 4 is 5.97 Å². The van der Waals surface area contributed by atoms with Gasteiger partial charge in [0.25, 0.3) is 0 Å². The fraction of sp³-hybridized carbons (Fsp3) is 0.600. The van der Waals surface area contributed by atoms with Crippen LogP contribution in [-0.2, 0) is 27.4 Å². The number of esters is 1. The van der Waals surface area contributed by atoms with Crippen LogP contribution < -0.4 is 5.32 Å². The van der Waals surface area contributed by atoms with E-state index in [9.17, 15) is 9.90 Å². The zero-order valence-electron chi connectivity index (χ0n) is 12.8. The summed E-state index contributed by atoms with van der Waals surface area (Å²) >= 11 is 0. The van der Waals surface area contributed by atoms with Crippen molar-refractivity contribution in [1.82, 2.24) is 14.9 Å². The molecule has 1 saturated heterocycles. The van der Waals surface area contributed by atoms with Crippen LogP contribution in [0.2, 0.25) is 0 Å². The molecule has 0 spiro atoms. The molecule has 0 aliphatic carbocycles. The van der Waals surface area contributed by atoms with Crippen LogP contribution in [0, 0.1) is 5.92 Å². The highest BCUT2D eigenvalue weighted by Gasteiger charge is 2.38. The maximum absolute atomic E-state index is 12.0. The van der Waals surface area contributed by atoms with Crippen LogP contribution in [0.1, 0.15) is 18.5 Å². The lowest BCUT2D eigenvalue weighted by molar-refractivity contribution is -0.146. The van der Waals surface area contributed by atoms with Gasteiger partial charge in [-0.15, -0.1) is 0 Å². The molecule has 0 aromatic carbocycles. The molecule has 2 N–H and O–H groups in total. The summed E-state index contributed by atoms with van der Waals surface area (Å²) in [5, 5.41) is 12.6. The van der Waals surface area contributed by atoms with Gasteiger partial charge in [-0.3, -0.25) is 10.1 Å². The first-order valence-corrected chi connectivity index (χ1v) is 7.35. The topological polar surface area (TPSA) is 85.6 Å². The highest BCUT2D eigenvalue weighted by atomic mass is 16.5. The van der Waals surface area contributed by atoms with E-state index in [0.717, 1.165) is 12.1 Å². The second-order valence-corrected chi connectivity index (χ2v) is 5.37. The van der Waals surface area contributed by atoms with E-state index in [4.69, 9.17) is 9.47 Å². The van der Waals surface area contributed by atoms with E-state index >= 15 is 0 Å². The number of hydrogen-bond acceptors (Lipinski definition) is 6. The Kier molecular flexibility index (Phi) is 6.11. The number of aliphatic hydroxyl groups is 1. The molecule has 22 heavy (non-hydrogen) atoms. The summed E-state index contributed by atoms with van der Waals surface area (Å²) in [6.07, 6.45) is 5.64. The minimum Gasteiger partial charge on any atom is -0.460 e. The summed E-state index contributed by atoms with van der Waals surface area (Å²) in [4.78, 5) is 16.1. The van der Waals surface area contributed by atoms with E-state index in [1.807, 2.05) is 4.57 Å². The average Bonchev–Trinajstić information content (AvgIpc) is 3.09. The first-order valence-electron chi connectivity index (χ1n) is 7.35. The molecule has 1 aliphatic rings. The van der Waals surface area contributed by atoms with Crippen molar-refractivity contribution in [3.63, 3.8) is 0 Å². The standard InChI is InChI=1S/C15H23N3O4/c1-3-6-22-15(20)14-11(7-13(19)17-14)4-5-18-10-16-8-12(18)9-21-2/h3,8,10-11,13-14,17,19H,1,4-7,9H2,2H3. The summed E-state index contributed by atoms with van der Waals surface area (Å²) in [6, 6.07) is -0.482. The van der Waals surface area contributed by atoms with Crippen molar-refractivity contribution in [2.24, 2.45) is 5.92 Å². The summed E-state index contributed by atoms with van der Waals surface area (Å²) in [7, 11) is 1.64. The maximum Gasteiger partial charge on any atom is 0.323 e. The molecule has 1 aliphatic heterocycles. The Bertz CT molecular complexity index is 503. The van der Waals surface area contributed by atoms with Crippen molar-refractivity contribution in [2.45, 2.75) is 38.3 Å². The molecule has 7 heteroatoms. The molecule has 0 bridgehead atoms. The number of aromatic nitrogens is 2. The lowest BCUT2D eigenvalue weighted by Gasteiger charge is -2.18. The predicted molar refractivity (Wildman–Crippen MR) is 79.8 cm³/mol. The molecule has 0 saturated carbocycles. The number of carbonyl (C=O) groups excluding carboxylic acids is 1. The van der Waals surface area contributed by atoms with Crippen molar-refractivity contribution in [3.8, 4) is 0 Å². The van der Waals surface area contributed by atoms with Gasteiger partial charge in [-0.2, -0.15) is 0 Å². The number of nitrogens with one attached hydrogen (secondary N) is 1. The van der Waals surface area contributed by atoms with E-state index in [1.165, 1.54) is 6.08 Å². The molecule has 2 rings (SSSR count). The van der Waals surface area contributed by atoms with E-state index in [1.54, 1.807) is 19.6 Å². The van der Waals surface area contributed by atoms with Crippen LogP contribution in [0.5, 0.6) is 0 Å². The molecule has 7 nitrogen and oxygen atoms in total. The monoisotopic (exact) mass is 309 g/mol. The number of aliphatic hydroxyl groups excluding tert-OH is 1. The molecule has 0 radical (unpaired) electrons. The van der Waals surface area contributed by atoms with Crippen LogP contribution in [0.15, 0.2) is 25.2 Å². The summed E-state index contributed by atoms with van der Waals surface area (Å²) < 4.78 is 12.2. The largest absolute Gasteiger partial charge is 0.460 e. The maximum atomic E-state index is 12.0. The number of hydrogen-bond donors (Lipinski definition) is 2. The third-order valence-corrected chi connectivity index (χ3v) is 3.80. The Morgan fingerprint density at radius 3 is 3.23 bits per heavy atom. The third kappa shape index (κ3) is 4.16. The quantitative estimate of drug-likeness (QED) is 0.535. The SMILES string of the molecule is C=CCOC(=O)C1NC(O)CC1CCn1cncc1COC. The minimum atomic E-state index is -0.674. The van der Waals surface area contributed by atoms with Gasteiger partial charge >= 0.3 is 5.97 Å². The predicted octanol–water partition coefficient (Wildman–Crippen LogP) is 0.445. The van der Waals surface area contributed by atoms with E-state index in [0.29, 0.717) is 19.6 Å². The first-order chi connectivity index (χ1) is 10.7. The summed E-state index contributed by atoms with van der Waals surface area (Å²) in [6.45, 7) is 4.91. The Labute approximate surface area is 129 Å². The molecule has 1 fully saturated rings. The van der Waals surface area contributed by atoms with Crippen molar-refractivity contribution < 1.29 is 19.4 Å². The van der Waals surface area contributed by atoms with Crippen LogP contribution >= 0.6 is 0 Å². The van der Waals surface area contributed by atoms with Gasteiger partial charge < -0.3 is 19.1 Å². The third-order valence-electron chi connectivity index (χ3n) is 3.80. The molecule has 0 amide bonds. The van der Waals surface area contributed by atoms with E-state index < -0.39 is 12.3 Å². The minimum absolute atomic E-state index is 0.0186. The van der Waals surface area contributed by atoms with Crippen molar-refractivity contribution in [3.05, 3.63) is 30.9 Å². The number of rotatable bonds is 8. The second kappa shape index (κ2) is 8.07. The highest BCUT2D eigenvalue weighted by molar-refractivity contribution is 5.76. The van der Waals surface area contributed by atoms with Gasteiger partial charge in [0.2, 0.25) is 0 Å². The van der Waals surface area contributed by atoms with Gasteiger partial charge in [0.15, 0.2) is 0 Å². The van der Waals surface area contributed by atoms with Crippen LogP contribution in [0.3, 0.4) is 0 Å². The van der Waals surface area contributed by atoms with Crippen LogP contribution in [0.25, 0.3) is 0 Å². The molecule has 3 unspecified atom stereocenters. The zero-order valence-corrected chi connectivity index (χ0v) is 12.8. The normalized spacial score (nSPS) is 24.4. The zero-order chi connectivity index (χ0) is 15.9. The number of nitrogens with zero attached hydrogens (tertiary/aromatic N) is 2. The molecule has 1 aromatic heterocycles. The second-order valence-electron chi connectivity index (χ2n) is 5.37. The smallest absolute Gasteiger partial charge is 0.323 e. The molecule has 2 heterocycles. The Balaban J connectivity index is 1.93. The van der Waals surface area contributed by atoms with Crippen molar-refractivity contribution in [1.29, 1.82) is 0 Å². The summed E-state index contributed by atoms with van der Waals surface area (Å²) in [5.41, 5.74) is 0.986. The molecular weight excluding hydrogens is 286 g/mol. The Hall–Kier alpha value is -1.70. The van der Waals surface area contributed by atoms with Crippen LogP contribution in [-0.4, -0.2) is 46.6 Å². The van der Waals surface area contributed by atoms with Crippen molar-refractivity contribution in [2.75, 3.05) is 13.7 Å². The van der Waals surface area contributed by atoms with E-state index in [-0.39, 0.29) is 18.5 Å². The molecular formula is C15H23N3O4. The van der Waals surface area contributed by atoms with Gasteiger partial charge in [0.05, 0.1) is 24.8 Å². The lowest BCUT2D eigenvalue weighted by Crippen LogP contribution is -2.40. The number of ether oxygens (including phenoxy) is 2. The summed E-state index contributed by atoms with van der Waals surface area (Å²) in [5.74, 6) is -0.325. The van der Waals surface area contributed by atoms with Gasteiger partial charge in [0, 0.05) is 13.7 Å². The number of methoxy groups -OCH3 is 1. The Morgan fingerprint density at radius 1 is 1.68 bits per heavy atom. The molecule has 1 aromatic rings. The molecule has 3 atom stereocenters. The van der Waals surface area contributed by atoms with Gasteiger partial charge in [-0.05, 0) is 18.8 Å². The van der Waals surface area contributed by atoms with E-state index in [2.05, 4.69) is 16.9 Å². The highest BCUT2D eigenvalue weighted by Crippen LogP contribution is 2.24. The first kappa shape index (κ1) is 16.7. The number of aryl methyl sites for hydroxylation is 1. The fourth-order valence-corrected chi connectivity index (χ4v) is 2.73. The van der Waals surface area contributed by atoms with Crippen LogP contribution in [0.4, 0.5) is 0 Å².